The van der Waals surface area contributed by atoms with Crippen molar-refractivity contribution in [2.24, 2.45) is 0 Å². The van der Waals surface area contributed by atoms with E-state index in [0.717, 1.165) is 5.56 Å². The lowest BCUT2D eigenvalue weighted by atomic mass is 10.0. The van der Waals surface area contributed by atoms with Gasteiger partial charge >= 0.3 is 0 Å². The van der Waals surface area contributed by atoms with Gasteiger partial charge in [-0.05, 0) is 18.9 Å². The number of hydrogen-bond acceptors (Lipinski definition) is 4. The molecule has 0 radical (unpaired) electrons. The predicted molar refractivity (Wildman–Crippen MR) is 94.1 cm³/mol. The summed E-state index contributed by atoms with van der Waals surface area (Å²) >= 11 is 6.05. The highest BCUT2D eigenvalue weighted by Gasteiger charge is 2.19. The molecule has 2 atom stereocenters. The molecule has 0 spiro atoms. The zero-order valence-corrected chi connectivity index (χ0v) is 14.8. The van der Waals surface area contributed by atoms with Crippen molar-refractivity contribution in [3.05, 3.63) is 58.6 Å². The molecular formula is C18H22ClN3O2. The van der Waals surface area contributed by atoms with Crippen LogP contribution in [0.25, 0.3) is 0 Å². The van der Waals surface area contributed by atoms with Gasteiger partial charge < -0.3 is 10.4 Å². The van der Waals surface area contributed by atoms with E-state index in [1.54, 1.807) is 0 Å². The van der Waals surface area contributed by atoms with Crippen molar-refractivity contribution in [2.75, 3.05) is 0 Å². The highest BCUT2D eigenvalue weighted by molar-refractivity contribution is 6.33. The minimum atomic E-state index is -0.645. The summed E-state index contributed by atoms with van der Waals surface area (Å²) in [6, 6.07) is 9.11. The number of nitrogens with zero attached hydrogens (tertiary/aromatic N) is 2. The molecule has 5 nitrogen and oxygen atoms in total. The Labute approximate surface area is 147 Å². The Hall–Kier alpha value is -1.98. The number of carbonyl (C=O) groups is 1. The number of aliphatic hydroxyl groups is 1. The first-order valence-electron chi connectivity index (χ1n) is 7.94. The molecule has 2 rings (SSSR count). The van der Waals surface area contributed by atoms with E-state index < -0.39 is 6.10 Å². The van der Waals surface area contributed by atoms with E-state index in [4.69, 9.17) is 11.6 Å². The van der Waals surface area contributed by atoms with E-state index in [-0.39, 0.29) is 28.6 Å². The zero-order chi connectivity index (χ0) is 17.7. The monoisotopic (exact) mass is 347 g/mol. The number of benzene rings is 1. The summed E-state index contributed by atoms with van der Waals surface area (Å²) in [5.74, 6) is 0.310. The molecule has 2 N–H and O–H groups in total. The lowest BCUT2D eigenvalue weighted by Crippen LogP contribution is -2.34. The van der Waals surface area contributed by atoms with Crippen molar-refractivity contribution < 1.29 is 9.90 Å². The summed E-state index contributed by atoms with van der Waals surface area (Å²) in [7, 11) is 0. The Morgan fingerprint density at radius 1 is 1.25 bits per heavy atom. The highest BCUT2D eigenvalue weighted by Crippen LogP contribution is 2.19. The third-order valence-electron chi connectivity index (χ3n) is 3.63. The molecule has 1 amide bonds. The van der Waals surface area contributed by atoms with Gasteiger partial charge in [0.1, 0.15) is 11.5 Å². The van der Waals surface area contributed by atoms with Crippen LogP contribution in [0.15, 0.2) is 36.5 Å². The molecule has 24 heavy (non-hydrogen) atoms. The number of amides is 1. The van der Waals surface area contributed by atoms with Crippen LogP contribution in [0.2, 0.25) is 5.02 Å². The van der Waals surface area contributed by atoms with Crippen LogP contribution in [-0.2, 0) is 0 Å². The summed E-state index contributed by atoms with van der Waals surface area (Å²) in [5, 5.41) is 13.3. The summed E-state index contributed by atoms with van der Waals surface area (Å²) in [4.78, 5) is 20.8. The van der Waals surface area contributed by atoms with E-state index in [2.05, 4.69) is 15.3 Å². The SMILES string of the molecule is CC(C)c1ncc(Cl)c(C(=O)N[C@H](C)C[C@@H](O)c2ccccc2)n1. The largest absolute Gasteiger partial charge is 0.388 e. The van der Waals surface area contributed by atoms with Gasteiger partial charge in [-0.2, -0.15) is 0 Å². The smallest absolute Gasteiger partial charge is 0.271 e. The van der Waals surface area contributed by atoms with Crippen molar-refractivity contribution in [3.8, 4) is 0 Å². The fraction of sp³-hybridized carbons (Fsp3) is 0.389. The first kappa shape index (κ1) is 18.4. The summed E-state index contributed by atoms with van der Waals surface area (Å²) in [6.07, 6.45) is 1.20. The third-order valence-corrected chi connectivity index (χ3v) is 3.91. The van der Waals surface area contributed by atoms with Gasteiger partial charge in [0.25, 0.3) is 5.91 Å². The predicted octanol–water partition coefficient (Wildman–Crippen LogP) is 3.50. The van der Waals surface area contributed by atoms with Crippen LogP contribution < -0.4 is 5.32 Å². The van der Waals surface area contributed by atoms with Crippen molar-refractivity contribution >= 4 is 17.5 Å². The van der Waals surface area contributed by atoms with Crippen molar-refractivity contribution in [1.29, 1.82) is 0 Å². The van der Waals surface area contributed by atoms with Gasteiger partial charge in [0, 0.05) is 12.0 Å². The van der Waals surface area contributed by atoms with E-state index in [9.17, 15) is 9.90 Å². The van der Waals surface area contributed by atoms with Crippen molar-refractivity contribution in [1.82, 2.24) is 15.3 Å². The fourth-order valence-electron chi connectivity index (χ4n) is 2.32. The summed E-state index contributed by atoms with van der Waals surface area (Å²) in [6.45, 7) is 5.73. The van der Waals surface area contributed by atoms with E-state index in [1.165, 1.54) is 6.20 Å². The second-order valence-corrected chi connectivity index (χ2v) is 6.52. The number of aliphatic hydroxyl groups excluding tert-OH is 1. The van der Waals surface area contributed by atoms with Gasteiger partial charge in [-0.3, -0.25) is 4.79 Å². The standard InChI is InChI=1S/C18H22ClN3O2/c1-11(2)17-20-10-14(19)16(22-17)18(24)21-12(3)9-15(23)13-7-5-4-6-8-13/h4-8,10-12,15,23H,9H2,1-3H3,(H,21,24)/t12-,15-/m1/s1. The van der Waals surface area contributed by atoms with Crippen LogP contribution in [0.3, 0.4) is 0 Å². The molecule has 1 heterocycles. The van der Waals surface area contributed by atoms with Crippen LogP contribution >= 0.6 is 11.6 Å². The molecule has 6 heteroatoms. The lowest BCUT2D eigenvalue weighted by Gasteiger charge is -2.18. The maximum Gasteiger partial charge on any atom is 0.271 e. The Bertz CT molecular complexity index is 692. The molecule has 0 saturated carbocycles. The minimum Gasteiger partial charge on any atom is -0.388 e. The molecule has 0 aliphatic heterocycles. The van der Waals surface area contributed by atoms with Crippen LogP contribution in [0.1, 0.15) is 61.1 Å². The zero-order valence-electron chi connectivity index (χ0n) is 14.0. The van der Waals surface area contributed by atoms with E-state index in [1.807, 2.05) is 51.1 Å². The van der Waals surface area contributed by atoms with Crippen LogP contribution in [0, 0.1) is 0 Å². The topological polar surface area (TPSA) is 75.1 Å². The number of rotatable bonds is 6. The Morgan fingerprint density at radius 2 is 1.92 bits per heavy atom. The van der Waals surface area contributed by atoms with Crippen LogP contribution in [0.4, 0.5) is 0 Å². The average molecular weight is 348 g/mol. The summed E-state index contributed by atoms with van der Waals surface area (Å²) in [5.41, 5.74) is 0.983. The van der Waals surface area contributed by atoms with Gasteiger partial charge in [0.2, 0.25) is 0 Å². The van der Waals surface area contributed by atoms with Crippen molar-refractivity contribution in [2.45, 2.75) is 45.3 Å². The molecule has 1 aromatic heterocycles. The van der Waals surface area contributed by atoms with Gasteiger partial charge in [-0.1, -0.05) is 55.8 Å². The molecule has 0 aliphatic rings. The number of nitrogens with one attached hydrogen (secondary N) is 1. The quantitative estimate of drug-likeness (QED) is 0.838. The molecule has 1 aromatic carbocycles. The first-order chi connectivity index (χ1) is 11.4. The maximum atomic E-state index is 12.4. The molecule has 0 saturated heterocycles. The van der Waals surface area contributed by atoms with Gasteiger partial charge in [0.05, 0.1) is 17.3 Å². The Balaban J connectivity index is 2.02. The van der Waals surface area contributed by atoms with E-state index in [0.29, 0.717) is 12.2 Å². The number of carbonyl (C=O) groups excluding carboxylic acids is 1. The Morgan fingerprint density at radius 3 is 2.54 bits per heavy atom. The molecule has 0 unspecified atom stereocenters. The summed E-state index contributed by atoms with van der Waals surface area (Å²) < 4.78 is 0. The second-order valence-electron chi connectivity index (χ2n) is 6.12. The Kier molecular flexibility index (Phi) is 6.29. The average Bonchev–Trinajstić information content (AvgIpc) is 2.55. The van der Waals surface area contributed by atoms with Crippen LogP contribution in [0.5, 0.6) is 0 Å². The fourth-order valence-corrected chi connectivity index (χ4v) is 2.49. The second kappa shape index (κ2) is 8.22. The molecule has 2 aromatic rings. The third kappa shape index (κ3) is 4.76. The normalized spacial score (nSPS) is 13.6. The lowest BCUT2D eigenvalue weighted by molar-refractivity contribution is 0.0911. The number of aromatic nitrogens is 2. The molecule has 0 fully saturated rings. The number of halogens is 1. The van der Waals surface area contributed by atoms with Crippen molar-refractivity contribution in [3.63, 3.8) is 0 Å². The maximum absolute atomic E-state index is 12.4. The van der Waals surface area contributed by atoms with Crippen LogP contribution in [-0.4, -0.2) is 27.0 Å². The first-order valence-corrected chi connectivity index (χ1v) is 8.32. The van der Waals surface area contributed by atoms with E-state index >= 15 is 0 Å². The molecule has 0 aliphatic carbocycles. The number of hydrogen-bond donors (Lipinski definition) is 2. The van der Waals surface area contributed by atoms with Gasteiger partial charge in [-0.25, -0.2) is 9.97 Å². The van der Waals surface area contributed by atoms with Gasteiger partial charge in [-0.15, -0.1) is 0 Å². The molecule has 0 bridgehead atoms. The molecular weight excluding hydrogens is 326 g/mol. The minimum absolute atomic E-state index is 0.103. The molecule has 128 valence electrons. The van der Waals surface area contributed by atoms with Gasteiger partial charge in [0.15, 0.2) is 0 Å². The highest BCUT2D eigenvalue weighted by atomic mass is 35.5.